The molecule has 1 N–H and O–H groups in total. The van der Waals surface area contributed by atoms with Crippen molar-refractivity contribution in [1.82, 2.24) is 20.2 Å². The van der Waals surface area contributed by atoms with Crippen LogP contribution in [0.2, 0.25) is 0 Å². The molecule has 31 heavy (non-hydrogen) atoms. The summed E-state index contributed by atoms with van der Waals surface area (Å²) in [6, 6.07) is 6.57. The maximum atomic E-state index is 13.4. The Bertz CT molecular complexity index is 915. The molecule has 6 nitrogen and oxygen atoms in total. The highest BCUT2D eigenvalue weighted by Crippen LogP contribution is 2.44. The molecule has 1 fully saturated rings. The zero-order chi connectivity index (χ0) is 22.0. The van der Waals surface area contributed by atoms with Crippen LogP contribution in [-0.4, -0.2) is 59.5 Å². The number of carbonyl (C=O) groups excluding carboxylic acids is 1. The molecule has 2 aromatic rings. The summed E-state index contributed by atoms with van der Waals surface area (Å²) >= 11 is 1.89. The predicted octanol–water partition coefficient (Wildman–Crippen LogP) is 3.35. The summed E-state index contributed by atoms with van der Waals surface area (Å²) in [5, 5.41) is 3.77. The van der Waals surface area contributed by atoms with Crippen molar-refractivity contribution >= 4 is 23.5 Å². The molecule has 166 valence electrons. The van der Waals surface area contributed by atoms with Crippen LogP contribution in [0.15, 0.2) is 30.6 Å². The second-order valence-electron chi connectivity index (χ2n) is 8.49. The molecular weight excluding hydrogens is 413 g/mol. The summed E-state index contributed by atoms with van der Waals surface area (Å²) < 4.78 is 13.4. The minimum Gasteiger partial charge on any atom is -0.353 e. The van der Waals surface area contributed by atoms with E-state index in [0.717, 1.165) is 35.9 Å². The van der Waals surface area contributed by atoms with Gasteiger partial charge in [-0.15, -0.1) is 11.8 Å². The summed E-state index contributed by atoms with van der Waals surface area (Å²) in [5.41, 5.74) is 3.23. The van der Waals surface area contributed by atoms with E-state index in [0.29, 0.717) is 24.9 Å². The highest BCUT2D eigenvalue weighted by atomic mass is 32.2. The molecule has 1 aromatic carbocycles. The third-order valence-electron chi connectivity index (χ3n) is 6.01. The molecule has 1 aromatic heterocycles. The number of halogens is 1. The van der Waals surface area contributed by atoms with E-state index in [4.69, 9.17) is 0 Å². The number of amides is 1. The van der Waals surface area contributed by atoms with Crippen molar-refractivity contribution in [2.24, 2.45) is 0 Å². The summed E-state index contributed by atoms with van der Waals surface area (Å²) in [6.07, 6.45) is 1.66. The summed E-state index contributed by atoms with van der Waals surface area (Å²) in [7, 11) is 0. The molecule has 8 heteroatoms. The second-order valence-corrected chi connectivity index (χ2v) is 9.82. The van der Waals surface area contributed by atoms with Gasteiger partial charge < -0.3 is 15.1 Å². The molecule has 2 atom stereocenters. The van der Waals surface area contributed by atoms with E-state index in [1.807, 2.05) is 16.7 Å². The van der Waals surface area contributed by atoms with E-state index < -0.39 is 0 Å². The number of fused-ring (bicyclic) bond motifs is 1. The Kier molecular flexibility index (Phi) is 6.77. The number of anilines is 1. The van der Waals surface area contributed by atoms with Gasteiger partial charge in [-0.05, 0) is 24.6 Å². The van der Waals surface area contributed by atoms with Crippen molar-refractivity contribution in [2.75, 3.05) is 37.6 Å². The van der Waals surface area contributed by atoms with Crippen molar-refractivity contribution < 1.29 is 9.18 Å². The van der Waals surface area contributed by atoms with Crippen LogP contribution in [0.5, 0.6) is 0 Å². The molecule has 0 bridgehead atoms. The molecule has 0 spiro atoms. The number of hydrogen-bond donors (Lipinski definition) is 1. The molecule has 0 radical (unpaired) electrons. The minimum absolute atomic E-state index is 0.0937. The van der Waals surface area contributed by atoms with Crippen LogP contribution < -0.4 is 10.2 Å². The number of piperazine rings is 1. The van der Waals surface area contributed by atoms with Gasteiger partial charge in [-0.2, -0.15) is 0 Å². The Morgan fingerprint density at radius 1 is 1.19 bits per heavy atom. The van der Waals surface area contributed by atoms with Crippen LogP contribution in [0.25, 0.3) is 0 Å². The monoisotopic (exact) mass is 443 g/mol. The summed E-state index contributed by atoms with van der Waals surface area (Å²) in [4.78, 5) is 26.7. The maximum Gasteiger partial charge on any atom is 0.231 e. The lowest BCUT2D eigenvalue weighted by molar-refractivity contribution is -0.133. The van der Waals surface area contributed by atoms with E-state index in [2.05, 4.69) is 41.0 Å². The molecule has 0 saturated carbocycles. The minimum atomic E-state index is -0.325. The number of carbonyl (C=O) groups is 1. The van der Waals surface area contributed by atoms with Gasteiger partial charge in [0.25, 0.3) is 0 Å². The summed E-state index contributed by atoms with van der Waals surface area (Å²) in [6.45, 7) is 9.67. The predicted molar refractivity (Wildman–Crippen MR) is 123 cm³/mol. The lowest BCUT2D eigenvalue weighted by Gasteiger charge is -2.38. The lowest BCUT2D eigenvalue weighted by atomic mass is 9.96. The Hall–Kier alpha value is -2.19. The van der Waals surface area contributed by atoms with Crippen LogP contribution in [0, 0.1) is 5.82 Å². The first-order valence-electron chi connectivity index (χ1n) is 10.9. The Morgan fingerprint density at radius 3 is 2.58 bits per heavy atom. The van der Waals surface area contributed by atoms with Crippen LogP contribution in [0.3, 0.4) is 0 Å². The lowest BCUT2D eigenvalue weighted by Crippen LogP contribution is -2.51. The molecule has 2 aliphatic rings. The van der Waals surface area contributed by atoms with Gasteiger partial charge in [0.05, 0.1) is 11.6 Å². The number of nitrogens with zero attached hydrogens (tertiary/aromatic N) is 4. The average Bonchev–Trinajstić information content (AvgIpc) is 3.16. The van der Waals surface area contributed by atoms with Gasteiger partial charge in [0.2, 0.25) is 5.91 Å². The van der Waals surface area contributed by atoms with Crippen LogP contribution in [0.1, 0.15) is 48.8 Å². The van der Waals surface area contributed by atoms with Gasteiger partial charge in [0, 0.05) is 55.3 Å². The normalized spacial score (nSPS) is 19.6. The third-order valence-corrected chi connectivity index (χ3v) is 7.19. The van der Waals surface area contributed by atoms with E-state index in [1.165, 1.54) is 17.7 Å². The van der Waals surface area contributed by atoms with Gasteiger partial charge in [0.15, 0.2) is 0 Å². The highest BCUT2D eigenvalue weighted by molar-refractivity contribution is 7.99. The molecule has 3 heterocycles. The van der Waals surface area contributed by atoms with Crippen molar-refractivity contribution in [1.29, 1.82) is 0 Å². The third kappa shape index (κ3) is 4.85. The number of thioether (sulfide) groups is 1. The second kappa shape index (κ2) is 9.53. The fraction of sp³-hybridized carbons (Fsp3) is 0.522. The molecule has 0 aliphatic carbocycles. The van der Waals surface area contributed by atoms with E-state index >= 15 is 0 Å². The molecule has 1 saturated heterocycles. The fourth-order valence-electron chi connectivity index (χ4n) is 4.25. The van der Waals surface area contributed by atoms with E-state index in [9.17, 15) is 9.18 Å². The Balaban J connectivity index is 1.46. The molecule has 4 rings (SSSR count). The van der Waals surface area contributed by atoms with Crippen molar-refractivity contribution in [2.45, 2.75) is 43.7 Å². The van der Waals surface area contributed by atoms with Gasteiger partial charge in [0.1, 0.15) is 18.0 Å². The van der Waals surface area contributed by atoms with Gasteiger partial charge >= 0.3 is 0 Å². The van der Waals surface area contributed by atoms with Crippen LogP contribution >= 0.6 is 11.8 Å². The first kappa shape index (κ1) is 22.0. The van der Waals surface area contributed by atoms with E-state index in [1.54, 1.807) is 18.5 Å². The molecule has 2 unspecified atom stereocenters. The average molecular weight is 444 g/mol. The largest absolute Gasteiger partial charge is 0.353 e. The van der Waals surface area contributed by atoms with Crippen molar-refractivity contribution in [3.8, 4) is 0 Å². The quantitative estimate of drug-likeness (QED) is 0.739. The molecular formula is C23H30FN5OS. The SMILES string of the molecule is CC(C)NCC(C(=O)N1CCN(c2ncnc3c2C(C)SC3)CC1)c1ccc(F)cc1. The van der Waals surface area contributed by atoms with Gasteiger partial charge in [-0.3, -0.25) is 4.79 Å². The van der Waals surface area contributed by atoms with Crippen LogP contribution in [-0.2, 0) is 10.5 Å². The number of aromatic nitrogens is 2. The van der Waals surface area contributed by atoms with Gasteiger partial charge in [-0.1, -0.05) is 26.0 Å². The Morgan fingerprint density at radius 2 is 1.90 bits per heavy atom. The zero-order valence-corrected chi connectivity index (χ0v) is 19.2. The molecule has 1 amide bonds. The number of benzene rings is 1. The summed E-state index contributed by atoms with van der Waals surface area (Å²) in [5.74, 6) is 1.44. The first-order chi connectivity index (χ1) is 14.9. The first-order valence-corrected chi connectivity index (χ1v) is 12.0. The molecule has 2 aliphatic heterocycles. The highest BCUT2D eigenvalue weighted by Gasteiger charge is 2.32. The smallest absolute Gasteiger partial charge is 0.231 e. The fourth-order valence-corrected chi connectivity index (χ4v) is 5.29. The number of nitrogens with one attached hydrogen (secondary N) is 1. The van der Waals surface area contributed by atoms with Crippen molar-refractivity contribution in [3.63, 3.8) is 0 Å². The topological polar surface area (TPSA) is 61.4 Å². The number of hydrogen-bond acceptors (Lipinski definition) is 6. The zero-order valence-electron chi connectivity index (χ0n) is 18.3. The Labute approximate surface area is 187 Å². The van der Waals surface area contributed by atoms with Crippen LogP contribution in [0.4, 0.5) is 10.2 Å². The van der Waals surface area contributed by atoms with Gasteiger partial charge in [-0.25, -0.2) is 14.4 Å². The maximum absolute atomic E-state index is 13.4. The number of rotatable bonds is 6. The van der Waals surface area contributed by atoms with E-state index in [-0.39, 0.29) is 23.7 Å². The standard InChI is InChI=1S/C23H30FN5OS/c1-15(2)25-12-19(17-4-6-18(24)7-5-17)23(30)29-10-8-28(9-11-29)22-21-16(3)31-13-20(21)26-14-27-22/h4-7,14-16,19,25H,8-13H2,1-3H3. The van der Waals surface area contributed by atoms with Crippen molar-refractivity contribution in [3.05, 3.63) is 53.2 Å².